The highest BCUT2D eigenvalue weighted by molar-refractivity contribution is 7.92. The fraction of sp³-hybridized carbons (Fsp3) is 0.400. The van der Waals surface area contributed by atoms with Gasteiger partial charge in [0, 0.05) is 0 Å². The van der Waals surface area contributed by atoms with Crippen LogP contribution in [0, 0.1) is 22.6 Å². The molecule has 25 heavy (non-hydrogen) atoms. The van der Waals surface area contributed by atoms with Crippen LogP contribution < -0.4 is 5.73 Å². The summed E-state index contributed by atoms with van der Waals surface area (Å²) in [4.78, 5) is 23.7. The number of hydrogen-bond donors (Lipinski definition) is 1. The van der Waals surface area contributed by atoms with Crippen LogP contribution in [0.15, 0.2) is 23.1 Å². The van der Waals surface area contributed by atoms with Gasteiger partial charge in [-0.3, -0.25) is 9.59 Å². The lowest BCUT2D eigenvalue weighted by Gasteiger charge is -2.22. The third kappa shape index (κ3) is 3.45. The van der Waals surface area contributed by atoms with Crippen LogP contribution in [-0.2, 0) is 24.2 Å². The maximum absolute atomic E-state index is 13.1. The number of nitrogens with two attached hydrogens (primary N) is 1. The predicted octanol–water partition coefficient (Wildman–Crippen LogP) is 1.34. The Morgan fingerprint density at radius 3 is 2.72 bits per heavy atom. The molecule has 0 spiro atoms. The molecule has 10 heteroatoms. The number of nitrogens with zero attached hydrogens (tertiary/aromatic N) is 1. The molecule has 1 aliphatic rings. The summed E-state index contributed by atoms with van der Waals surface area (Å²) in [6.07, 6.45) is -0.543. The maximum atomic E-state index is 13.1. The second-order valence-corrected chi connectivity index (χ2v) is 8.27. The Morgan fingerprint density at radius 2 is 2.16 bits per heavy atom. The average Bonchev–Trinajstić information content (AvgIpc) is 2.99. The molecule has 1 fully saturated rings. The van der Waals surface area contributed by atoms with Crippen LogP contribution in [0.2, 0.25) is 5.02 Å². The van der Waals surface area contributed by atoms with E-state index in [2.05, 4.69) is 4.74 Å². The van der Waals surface area contributed by atoms with Crippen molar-refractivity contribution in [2.24, 2.45) is 11.1 Å². The van der Waals surface area contributed by atoms with Gasteiger partial charge in [-0.15, -0.1) is 0 Å². The zero-order valence-corrected chi connectivity index (χ0v) is 14.4. The van der Waals surface area contributed by atoms with E-state index in [1.165, 1.54) is 0 Å². The first-order valence-electron chi connectivity index (χ1n) is 7.18. The van der Waals surface area contributed by atoms with E-state index in [0.29, 0.717) is 0 Å². The lowest BCUT2D eigenvalue weighted by atomic mass is 9.85. The molecule has 0 unspecified atom stereocenters. The topological polar surface area (TPSA) is 127 Å². The third-order valence-corrected chi connectivity index (χ3v) is 6.91. The van der Waals surface area contributed by atoms with Gasteiger partial charge in [-0.2, -0.15) is 5.26 Å². The number of sulfone groups is 1. The van der Waals surface area contributed by atoms with E-state index in [1.807, 2.05) is 0 Å². The molecular formula is C15H14ClFN2O5S. The summed E-state index contributed by atoms with van der Waals surface area (Å²) in [6, 6.07) is 4.45. The second-order valence-electron chi connectivity index (χ2n) is 5.67. The smallest absolute Gasteiger partial charge is 0.322 e. The Balaban J connectivity index is 2.35. The highest BCUT2D eigenvalue weighted by Crippen LogP contribution is 2.44. The Hall–Kier alpha value is -2.18. The number of carbonyl (C=O) groups is 2. The zero-order chi connectivity index (χ0) is 18.8. The van der Waals surface area contributed by atoms with Crippen molar-refractivity contribution >= 4 is 33.3 Å². The summed E-state index contributed by atoms with van der Waals surface area (Å²) in [7, 11) is -4.02. The number of nitriles is 1. The zero-order valence-electron chi connectivity index (χ0n) is 12.9. The quantitative estimate of drug-likeness (QED) is 0.460. The number of benzene rings is 1. The van der Waals surface area contributed by atoms with Crippen molar-refractivity contribution < 1.29 is 27.1 Å². The van der Waals surface area contributed by atoms with Gasteiger partial charge in [-0.05, 0) is 37.5 Å². The number of primary amides is 1. The molecule has 0 saturated heterocycles. The highest BCUT2D eigenvalue weighted by atomic mass is 35.5. The molecule has 1 aliphatic carbocycles. The number of rotatable bonds is 5. The molecule has 0 aromatic heterocycles. The summed E-state index contributed by atoms with van der Waals surface area (Å²) in [5.74, 6) is -2.73. The number of amides is 1. The SMILES string of the molecule is N#CCOC(=O)[C@@]1(C(N)=O)CC[C@H](S(=O)(=O)c2ccc(F)cc2Cl)C1. The molecule has 0 aliphatic heterocycles. The van der Waals surface area contributed by atoms with Gasteiger partial charge < -0.3 is 10.5 Å². The molecule has 0 heterocycles. The first-order chi connectivity index (χ1) is 11.6. The summed E-state index contributed by atoms with van der Waals surface area (Å²) >= 11 is 5.82. The maximum Gasteiger partial charge on any atom is 0.322 e. The molecule has 1 aromatic carbocycles. The number of esters is 1. The summed E-state index contributed by atoms with van der Waals surface area (Å²) in [5, 5.41) is 7.08. The molecular weight excluding hydrogens is 375 g/mol. The van der Waals surface area contributed by atoms with E-state index in [4.69, 9.17) is 22.6 Å². The fourth-order valence-electron chi connectivity index (χ4n) is 2.90. The van der Waals surface area contributed by atoms with Gasteiger partial charge in [0.25, 0.3) is 0 Å². The van der Waals surface area contributed by atoms with Crippen LogP contribution in [0.3, 0.4) is 0 Å². The van der Waals surface area contributed by atoms with Crippen LogP contribution in [0.5, 0.6) is 0 Å². The third-order valence-electron chi connectivity index (χ3n) is 4.24. The van der Waals surface area contributed by atoms with E-state index in [9.17, 15) is 22.4 Å². The molecule has 7 nitrogen and oxygen atoms in total. The molecule has 1 aromatic rings. The Kier molecular flexibility index (Phi) is 5.34. The number of carbonyl (C=O) groups excluding carboxylic acids is 2. The summed E-state index contributed by atoms with van der Waals surface area (Å²) < 4.78 is 43.3. The van der Waals surface area contributed by atoms with Crippen molar-refractivity contribution in [3.05, 3.63) is 29.0 Å². The van der Waals surface area contributed by atoms with Crippen LogP contribution in [0.4, 0.5) is 4.39 Å². The monoisotopic (exact) mass is 388 g/mol. The normalized spacial score (nSPS) is 23.0. The van der Waals surface area contributed by atoms with E-state index in [1.54, 1.807) is 6.07 Å². The minimum absolute atomic E-state index is 0.0272. The molecule has 134 valence electrons. The van der Waals surface area contributed by atoms with Crippen molar-refractivity contribution in [1.29, 1.82) is 5.26 Å². The van der Waals surface area contributed by atoms with Gasteiger partial charge in [0.1, 0.15) is 17.3 Å². The van der Waals surface area contributed by atoms with Crippen LogP contribution in [0.25, 0.3) is 0 Å². The minimum Gasteiger partial charge on any atom is -0.449 e. The van der Waals surface area contributed by atoms with Crippen molar-refractivity contribution in [1.82, 2.24) is 0 Å². The van der Waals surface area contributed by atoms with Gasteiger partial charge in [0.05, 0.1) is 15.2 Å². The van der Waals surface area contributed by atoms with Gasteiger partial charge in [0.2, 0.25) is 5.91 Å². The lowest BCUT2D eigenvalue weighted by Crippen LogP contribution is -2.44. The Bertz CT molecular complexity index is 867. The molecule has 2 rings (SSSR count). The van der Waals surface area contributed by atoms with Gasteiger partial charge in [0.15, 0.2) is 16.4 Å². The van der Waals surface area contributed by atoms with Crippen LogP contribution in [-0.4, -0.2) is 32.2 Å². The number of hydrogen-bond acceptors (Lipinski definition) is 6. The number of halogens is 2. The van der Waals surface area contributed by atoms with Gasteiger partial charge in [-0.25, -0.2) is 12.8 Å². The first kappa shape index (κ1) is 19.1. The van der Waals surface area contributed by atoms with Crippen molar-refractivity contribution in [3.63, 3.8) is 0 Å². The van der Waals surface area contributed by atoms with E-state index in [0.717, 1.165) is 18.2 Å². The second kappa shape index (κ2) is 6.98. The standard InChI is InChI=1S/C15H14ClFN2O5S/c16-11-7-9(17)1-2-12(11)25(22,23)10-3-4-15(8-10,13(19)20)14(21)24-6-5-18/h1-2,7,10H,3-4,6,8H2,(H2,19,20)/t10-,15-/m0/s1. The molecule has 2 N–H and O–H groups in total. The van der Waals surface area contributed by atoms with Crippen molar-refractivity contribution in [2.45, 2.75) is 29.4 Å². The Morgan fingerprint density at radius 1 is 1.48 bits per heavy atom. The fourth-order valence-corrected chi connectivity index (χ4v) is 5.27. The highest BCUT2D eigenvalue weighted by Gasteiger charge is 2.54. The van der Waals surface area contributed by atoms with E-state index in [-0.39, 0.29) is 29.2 Å². The molecule has 0 radical (unpaired) electrons. The largest absolute Gasteiger partial charge is 0.449 e. The lowest BCUT2D eigenvalue weighted by molar-refractivity contribution is -0.158. The summed E-state index contributed by atoms with van der Waals surface area (Å²) in [5.41, 5.74) is 3.49. The molecule has 1 amide bonds. The van der Waals surface area contributed by atoms with Crippen molar-refractivity contribution in [2.75, 3.05) is 6.61 Å². The predicted molar refractivity (Wildman–Crippen MR) is 84.4 cm³/mol. The Labute approximate surface area is 148 Å². The first-order valence-corrected chi connectivity index (χ1v) is 9.10. The van der Waals surface area contributed by atoms with Crippen LogP contribution >= 0.6 is 11.6 Å². The minimum atomic E-state index is -4.02. The molecule has 0 bridgehead atoms. The van der Waals surface area contributed by atoms with E-state index < -0.39 is 44.8 Å². The van der Waals surface area contributed by atoms with Crippen molar-refractivity contribution in [3.8, 4) is 6.07 Å². The summed E-state index contributed by atoms with van der Waals surface area (Å²) in [6.45, 7) is -0.574. The van der Waals surface area contributed by atoms with Crippen LogP contribution in [0.1, 0.15) is 19.3 Å². The molecule has 2 atom stereocenters. The number of ether oxygens (including phenoxy) is 1. The average molecular weight is 389 g/mol. The van der Waals surface area contributed by atoms with Gasteiger partial charge in [-0.1, -0.05) is 11.6 Å². The van der Waals surface area contributed by atoms with E-state index >= 15 is 0 Å². The van der Waals surface area contributed by atoms with Gasteiger partial charge >= 0.3 is 5.97 Å². The molecule has 1 saturated carbocycles.